The average Bonchev–Trinajstić information content (AvgIpc) is 3.41. The summed E-state index contributed by atoms with van der Waals surface area (Å²) in [5.41, 5.74) is 3.46. The molecule has 0 amide bonds. The number of halogens is 1. The van der Waals surface area contributed by atoms with Crippen molar-refractivity contribution in [3.8, 4) is 22.8 Å². The summed E-state index contributed by atoms with van der Waals surface area (Å²) in [6.07, 6.45) is 0. The smallest absolute Gasteiger partial charge is 0.226 e. The Kier molecular flexibility index (Phi) is 4.03. The number of fused-ring (bicyclic) bond motifs is 6. The molecule has 6 heteroatoms. The Bertz CT molecular complexity index is 1720. The Morgan fingerprint density at radius 1 is 0.576 bits per heavy atom. The van der Waals surface area contributed by atoms with Crippen LogP contribution in [0.15, 0.2) is 89.3 Å². The van der Waals surface area contributed by atoms with E-state index in [4.69, 9.17) is 21.0 Å². The van der Waals surface area contributed by atoms with E-state index in [9.17, 15) is 0 Å². The molecule has 0 radical (unpaired) electrons. The lowest BCUT2D eigenvalue weighted by atomic mass is 10.1. The van der Waals surface area contributed by atoms with E-state index >= 15 is 0 Å². The third-order valence-electron chi connectivity index (χ3n) is 5.88. The summed E-state index contributed by atoms with van der Waals surface area (Å²) in [6, 6.07) is 28.7. The third kappa shape index (κ3) is 3.01. The van der Waals surface area contributed by atoms with Crippen LogP contribution in [0.3, 0.4) is 0 Å². The van der Waals surface area contributed by atoms with Crippen molar-refractivity contribution < 1.29 is 4.42 Å². The van der Waals surface area contributed by atoms with E-state index in [0.717, 1.165) is 33.1 Å². The van der Waals surface area contributed by atoms with E-state index < -0.39 is 0 Å². The summed E-state index contributed by atoms with van der Waals surface area (Å²) in [4.78, 5) is 13.6. The number of furan rings is 1. The molecule has 0 fully saturated rings. The number of aromatic nitrogens is 3. The zero-order valence-corrected chi connectivity index (χ0v) is 18.7. The van der Waals surface area contributed by atoms with Crippen molar-refractivity contribution in [2.75, 3.05) is 0 Å². The molecule has 0 aliphatic rings. The van der Waals surface area contributed by atoms with Crippen molar-refractivity contribution in [2.24, 2.45) is 0 Å². The van der Waals surface area contributed by atoms with Crippen molar-refractivity contribution >= 4 is 65.0 Å². The molecule has 0 aliphatic heterocycles. The summed E-state index contributed by atoms with van der Waals surface area (Å²) < 4.78 is 8.45. The highest BCUT2D eigenvalue weighted by molar-refractivity contribution is 7.25. The van der Waals surface area contributed by atoms with E-state index in [1.807, 2.05) is 42.5 Å². The lowest BCUT2D eigenvalue weighted by Crippen LogP contribution is -1.97. The zero-order valence-electron chi connectivity index (χ0n) is 17.1. The van der Waals surface area contributed by atoms with Gasteiger partial charge in [-0.3, -0.25) is 0 Å². The molecular formula is C27H14ClN3OS. The molecule has 0 N–H and O–H groups in total. The summed E-state index contributed by atoms with van der Waals surface area (Å²) in [6.45, 7) is 0. The van der Waals surface area contributed by atoms with Gasteiger partial charge in [-0.15, -0.1) is 11.3 Å². The molecule has 0 saturated heterocycles. The Hall–Kier alpha value is -3.80. The van der Waals surface area contributed by atoms with Crippen molar-refractivity contribution in [3.63, 3.8) is 0 Å². The predicted octanol–water partition coefficient (Wildman–Crippen LogP) is 8.13. The van der Waals surface area contributed by atoms with Crippen LogP contribution in [0.1, 0.15) is 0 Å². The molecule has 33 heavy (non-hydrogen) atoms. The first-order valence-electron chi connectivity index (χ1n) is 10.5. The molecule has 4 nitrogen and oxygen atoms in total. The number of para-hydroxylation sites is 1. The molecule has 156 valence electrons. The SMILES string of the molecule is Clc1nc(-c2ccc3oc4ccccc4c3c2)nc(-c2ccc3sc4ccccc4c3c2)n1. The molecule has 7 aromatic rings. The van der Waals surface area contributed by atoms with E-state index in [1.165, 1.54) is 20.2 Å². The second-order valence-electron chi connectivity index (χ2n) is 7.87. The van der Waals surface area contributed by atoms with Crippen LogP contribution in [0.25, 0.3) is 64.9 Å². The van der Waals surface area contributed by atoms with Crippen LogP contribution in [0, 0.1) is 0 Å². The highest BCUT2D eigenvalue weighted by Crippen LogP contribution is 2.36. The minimum absolute atomic E-state index is 0.169. The fourth-order valence-corrected chi connectivity index (χ4v) is 5.59. The maximum Gasteiger partial charge on any atom is 0.226 e. The quantitative estimate of drug-likeness (QED) is 0.259. The van der Waals surface area contributed by atoms with Crippen LogP contribution in [0.4, 0.5) is 0 Å². The lowest BCUT2D eigenvalue weighted by Gasteiger charge is -2.05. The second kappa shape index (κ2) is 7.10. The van der Waals surface area contributed by atoms with Gasteiger partial charge in [-0.05, 0) is 60.1 Å². The van der Waals surface area contributed by atoms with Gasteiger partial charge < -0.3 is 4.42 Å². The molecule has 7 rings (SSSR count). The fraction of sp³-hybridized carbons (Fsp3) is 0. The minimum atomic E-state index is 0.169. The molecule has 4 aromatic carbocycles. The lowest BCUT2D eigenvalue weighted by molar-refractivity contribution is 0.669. The first-order chi connectivity index (χ1) is 16.2. The van der Waals surface area contributed by atoms with Gasteiger partial charge in [-0.1, -0.05) is 36.4 Å². The van der Waals surface area contributed by atoms with Gasteiger partial charge in [0, 0.05) is 42.1 Å². The van der Waals surface area contributed by atoms with E-state index in [2.05, 4.69) is 52.4 Å². The molecule has 0 atom stereocenters. The van der Waals surface area contributed by atoms with Gasteiger partial charge in [0.25, 0.3) is 0 Å². The number of rotatable bonds is 2. The van der Waals surface area contributed by atoms with Crippen molar-refractivity contribution in [2.45, 2.75) is 0 Å². The Morgan fingerprint density at radius 3 is 2.06 bits per heavy atom. The van der Waals surface area contributed by atoms with Crippen molar-refractivity contribution in [3.05, 3.63) is 90.2 Å². The highest BCUT2D eigenvalue weighted by Gasteiger charge is 2.14. The molecule has 0 aliphatic carbocycles. The first-order valence-corrected chi connectivity index (χ1v) is 11.7. The highest BCUT2D eigenvalue weighted by atomic mass is 35.5. The Morgan fingerprint density at radius 2 is 1.21 bits per heavy atom. The number of nitrogens with zero attached hydrogens (tertiary/aromatic N) is 3. The topological polar surface area (TPSA) is 51.8 Å². The molecule has 3 heterocycles. The molecule has 0 bridgehead atoms. The first kappa shape index (κ1) is 18.7. The maximum atomic E-state index is 6.36. The summed E-state index contributed by atoms with van der Waals surface area (Å²) >= 11 is 8.14. The van der Waals surface area contributed by atoms with Crippen LogP contribution < -0.4 is 0 Å². The molecule has 3 aromatic heterocycles. The van der Waals surface area contributed by atoms with Crippen molar-refractivity contribution in [1.82, 2.24) is 15.0 Å². The number of hydrogen-bond donors (Lipinski definition) is 0. The summed E-state index contributed by atoms with van der Waals surface area (Å²) in [5.74, 6) is 1.09. The minimum Gasteiger partial charge on any atom is -0.456 e. The van der Waals surface area contributed by atoms with Crippen LogP contribution >= 0.6 is 22.9 Å². The fourth-order valence-electron chi connectivity index (χ4n) is 4.34. The van der Waals surface area contributed by atoms with Crippen LogP contribution in [0.5, 0.6) is 0 Å². The van der Waals surface area contributed by atoms with E-state index in [-0.39, 0.29) is 5.28 Å². The number of benzene rings is 4. The van der Waals surface area contributed by atoms with Gasteiger partial charge in [-0.2, -0.15) is 9.97 Å². The summed E-state index contributed by atoms with van der Waals surface area (Å²) in [7, 11) is 0. The Labute approximate surface area is 197 Å². The van der Waals surface area contributed by atoms with E-state index in [0.29, 0.717) is 11.6 Å². The monoisotopic (exact) mass is 463 g/mol. The number of hydrogen-bond acceptors (Lipinski definition) is 5. The van der Waals surface area contributed by atoms with Crippen LogP contribution in [0.2, 0.25) is 5.28 Å². The van der Waals surface area contributed by atoms with Gasteiger partial charge in [-0.25, -0.2) is 4.98 Å². The standard InChI is InChI=1S/C27H14ClN3OS/c28-27-30-25(15-9-11-22-19(13-15)17-5-1-3-7-21(17)32-22)29-26(31-27)16-10-12-24-20(14-16)18-6-2-4-8-23(18)33-24/h1-14H. The van der Waals surface area contributed by atoms with Crippen molar-refractivity contribution in [1.29, 1.82) is 0 Å². The van der Waals surface area contributed by atoms with Gasteiger partial charge >= 0.3 is 0 Å². The number of thiophene rings is 1. The largest absolute Gasteiger partial charge is 0.456 e. The van der Waals surface area contributed by atoms with Crippen LogP contribution in [-0.4, -0.2) is 15.0 Å². The summed E-state index contributed by atoms with van der Waals surface area (Å²) in [5, 5.41) is 4.67. The zero-order chi connectivity index (χ0) is 21.9. The predicted molar refractivity (Wildman–Crippen MR) is 136 cm³/mol. The van der Waals surface area contributed by atoms with E-state index in [1.54, 1.807) is 11.3 Å². The normalized spacial score (nSPS) is 11.8. The molecular weight excluding hydrogens is 450 g/mol. The molecule has 0 spiro atoms. The average molecular weight is 464 g/mol. The van der Waals surface area contributed by atoms with Gasteiger partial charge in [0.1, 0.15) is 11.2 Å². The van der Waals surface area contributed by atoms with Gasteiger partial charge in [0.05, 0.1) is 0 Å². The van der Waals surface area contributed by atoms with Crippen LogP contribution in [-0.2, 0) is 0 Å². The second-order valence-corrected chi connectivity index (χ2v) is 9.29. The molecule has 0 unspecified atom stereocenters. The Balaban J connectivity index is 1.39. The van der Waals surface area contributed by atoms with Gasteiger partial charge in [0.15, 0.2) is 11.6 Å². The maximum absolute atomic E-state index is 6.36. The van der Waals surface area contributed by atoms with Gasteiger partial charge in [0.2, 0.25) is 5.28 Å². The molecule has 0 saturated carbocycles. The third-order valence-corrected chi connectivity index (χ3v) is 7.20.